The second-order valence-electron chi connectivity index (χ2n) is 3.48. The van der Waals surface area contributed by atoms with Crippen molar-refractivity contribution in [3.63, 3.8) is 0 Å². The van der Waals surface area contributed by atoms with E-state index in [4.69, 9.17) is 28.9 Å². The van der Waals surface area contributed by atoms with E-state index in [0.717, 1.165) is 15.8 Å². The van der Waals surface area contributed by atoms with Crippen LogP contribution in [0.2, 0.25) is 10.2 Å². The number of rotatable bonds is 3. The van der Waals surface area contributed by atoms with Gasteiger partial charge in [-0.2, -0.15) is 0 Å². The first-order chi connectivity index (χ1) is 8.13. The number of aromatic nitrogens is 1. The van der Waals surface area contributed by atoms with Gasteiger partial charge in [-0.3, -0.25) is 0 Å². The molecule has 17 heavy (non-hydrogen) atoms. The lowest BCUT2D eigenvalue weighted by Gasteiger charge is -2.03. The van der Waals surface area contributed by atoms with E-state index in [1.807, 2.05) is 30.3 Å². The minimum atomic E-state index is 0.420. The van der Waals surface area contributed by atoms with Crippen LogP contribution in [0.25, 0.3) is 0 Å². The largest absolute Gasteiger partial charge is 0.399 e. The number of hydrogen-bond donors (Lipinski definition) is 1. The van der Waals surface area contributed by atoms with Crippen molar-refractivity contribution < 1.29 is 0 Å². The van der Waals surface area contributed by atoms with Gasteiger partial charge in [-0.1, -0.05) is 35.3 Å². The Kier molecular flexibility index (Phi) is 4.15. The highest BCUT2D eigenvalue weighted by molar-refractivity contribution is 7.98. The Morgan fingerprint density at radius 2 is 1.82 bits per heavy atom. The monoisotopic (exact) mass is 284 g/mol. The molecule has 1 aromatic carbocycles. The minimum absolute atomic E-state index is 0.420. The first-order valence-corrected chi connectivity index (χ1v) is 6.68. The van der Waals surface area contributed by atoms with Crippen LogP contribution in [0.3, 0.4) is 0 Å². The summed E-state index contributed by atoms with van der Waals surface area (Å²) in [5, 5.41) is 1.98. The lowest BCUT2D eigenvalue weighted by atomic mass is 10.2. The molecule has 0 atom stereocenters. The molecule has 1 heterocycles. The van der Waals surface area contributed by atoms with Gasteiger partial charge in [-0.05, 0) is 29.8 Å². The minimum Gasteiger partial charge on any atom is -0.399 e. The quantitative estimate of drug-likeness (QED) is 0.676. The SMILES string of the molecule is Nc1cc(Cl)nc(SCc2ccc(Cl)cc2)c1. The van der Waals surface area contributed by atoms with Gasteiger partial charge >= 0.3 is 0 Å². The fourth-order valence-electron chi connectivity index (χ4n) is 1.30. The maximum atomic E-state index is 5.83. The number of nitrogens with zero attached hydrogens (tertiary/aromatic N) is 1. The van der Waals surface area contributed by atoms with E-state index < -0.39 is 0 Å². The van der Waals surface area contributed by atoms with Crippen molar-refractivity contribution in [1.82, 2.24) is 4.98 Å². The zero-order valence-corrected chi connectivity index (χ0v) is 11.2. The van der Waals surface area contributed by atoms with E-state index in [9.17, 15) is 0 Å². The first-order valence-electron chi connectivity index (χ1n) is 4.94. The molecule has 5 heteroatoms. The number of pyridine rings is 1. The molecule has 0 bridgehead atoms. The Morgan fingerprint density at radius 3 is 2.47 bits per heavy atom. The Bertz CT molecular complexity index is 494. The maximum Gasteiger partial charge on any atom is 0.132 e. The summed E-state index contributed by atoms with van der Waals surface area (Å²) in [5.74, 6) is 0.809. The van der Waals surface area contributed by atoms with Gasteiger partial charge in [-0.15, -0.1) is 11.8 Å². The fourth-order valence-corrected chi connectivity index (χ4v) is 2.59. The van der Waals surface area contributed by atoms with E-state index >= 15 is 0 Å². The molecule has 2 rings (SSSR count). The third-order valence-electron chi connectivity index (χ3n) is 2.09. The molecule has 0 saturated heterocycles. The summed E-state index contributed by atoms with van der Waals surface area (Å²) in [6, 6.07) is 11.2. The van der Waals surface area contributed by atoms with E-state index in [0.29, 0.717) is 10.8 Å². The Balaban J connectivity index is 2.04. The van der Waals surface area contributed by atoms with Crippen LogP contribution in [-0.4, -0.2) is 4.98 Å². The van der Waals surface area contributed by atoms with Crippen LogP contribution in [0, 0.1) is 0 Å². The van der Waals surface area contributed by atoms with Gasteiger partial charge in [0, 0.05) is 16.5 Å². The molecule has 0 spiro atoms. The van der Waals surface area contributed by atoms with Crippen molar-refractivity contribution >= 4 is 40.7 Å². The Hall–Kier alpha value is -0.900. The van der Waals surface area contributed by atoms with Crippen LogP contribution in [0.1, 0.15) is 5.56 Å². The van der Waals surface area contributed by atoms with Crippen molar-refractivity contribution in [1.29, 1.82) is 0 Å². The zero-order valence-electron chi connectivity index (χ0n) is 8.86. The van der Waals surface area contributed by atoms with Crippen molar-refractivity contribution in [2.75, 3.05) is 5.73 Å². The number of nitrogens with two attached hydrogens (primary N) is 1. The predicted octanol–water partition coefficient (Wildman–Crippen LogP) is 4.26. The third kappa shape index (κ3) is 3.80. The highest BCUT2D eigenvalue weighted by atomic mass is 35.5. The first kappa shape index (κ1) is 12.6. The maximum absolute atomic E-state index is 5.83. The van der Waals surface area contributed by atoms with Crippen LogP contribution >= 0.6 is 35.0 Å². The lowest BCUT2D eigenvalue weighted by Crippen LogP contribution is -1.89. The number of thioether (sulfide) groups is 1. The molecule has 0 radical (unpaired) electrons. The number of hydrogen-bond acceptors (Lipinski definition) is 3. The molecule has 1 aromatic heterocycles. The van der Waals surface area contributed by atoms with Crippen molar-refractivity contribution in [2.24, 2.45) is 0 Å². The van der Waals surface area contributed by atoms with Gasteiger partial charge in [0.2, 0.25) is 0 Å². The van der Waals surface area contributed by atoms with E-state index in [2.05, 4.69) is 4.98 Å². The molecular formula is C12H10Cl2N2S. The highest BCUT2D eigenvalue weighted by Crippen LogP contribution is 2.25. The number of nitrogen functional groups attached to an aromatic ring is 1. The number of halogens is 2. The zero-order chi connectivity index (χ0) is 12.3. The standard InChI is InChI=1S/C12H10Cl2N2S/c13-9-3-1-8(2-4-9)7-17-12-6-10(15)5-11(14)16-12/h1-6H,7H2,(H2,15,16). The molecule has 2 N–H and O–H groups in total. The lowest BCUT2D eigenvalue weighted by molar-refractivity contribution is 1.13. The van der Waals surface area contributed by atoms with Gasteiger partial charge < -0.3 is 5.73 Å². The Labute approximate surface area is 114 Å². The molecule has 0 fully saturated rings. The summed E-state index contributed by atoms with van der Waals surface area (Å²) in [5.41, 5.74) is 7.50. The van der Waals surface area contributed by atoms with Crippen molar-refractivity contribution in [3.8, 4) is 0 Å². The van der Waals surface area contributed by atoms with Crippen molar-refractivity contribution in [3.05, 3.63) is 52.1 Å². The van der Waals surface area contributed by atoms with Gasteiger partial charge in [0.1, 0.15) is 10.2 Å². The average Bonchev–Trinajstić information content (AvgIpc) is 2.27. The normalized spacial score (nSPS) is 10.5. The highest BCUT2D eigenvalue weighted by Gasteiger charge is 2.01. The van der Waals surface area contributed by atoms with Gasteiger partial charge in [-0.25, -0.2) is 4.98 Å². The van der Waals surface area contributed by atoms with Crippen LogP contribution in [0.15, 0.2) is 41.4 Å². The van der Waals surface area contributed by atoms with Crippen LogP contribution in [0.4, 0.5) is 5.69 Å². The van der Waals surface area contributed by atoms with Crippen LogP contribution in [-0.2, 0) is 5.75 Å². The fraction of sp³-hybridized carbons (Fsp3) is 0.0833. The molecular weight excluding hydrogens is 275 g/mol. The number of anilines is 1. The molecule has 0 aliphatic carbocycles. The van der Waals surface area contributed by atoms with E-state index in [1.54, 1.807) is 17.8 Å². The smallest absolute Gasteiger partial charge is 0.132 e. The summed E-state index contributed by atoms with van der Waals surface area (Å²) in [6.45, 7) is 0. The third-order valence-corrected chi connectivity index (χ3v) is 3.52. The summed E-state index contributed by atoms with van der Waals surface area (Å²) < 4.78 is 0. The van der Waals surface area contributed by atoms with Gasteiger partial charge in [0.15, 0.2) is 0 Å². The van der Waals surface area contributed by atoms with E-state index in [-0.39, 0.29) is 0 Å². The topological polar surface area (TPSA) is 38.9 Å². The molecule has 0 aliphatic heterocycles. The molecule has 0 aliphatic rings. The summed E-state index contributed by atoms with van der Waals surface area (Å²) in [7, 11) is 0. The van der Waals surface area contributed by atoms with Gasteiger partial charge in [0.05, 0.1) is 0 Å². The summed E-state index contributed by atoms with van der Waals surface area (Å²) >= 11 is 13.2. The van der Waals surface area contributed by atoms with E-state index in [1.165, 1.54) is 5.56 Å². The summed E-state index contributed by atoms with van der Waals surface area (Å²) in [6.07, 6.45) is 0. The Morgan fingerprint density at radius 1 is 1.12 bits per heavy atom. The number of benzene rings is 1. The molecule has 0 amide bonds. The molecule has 2 aromatic rings. The molecule has 88 valence electrons. The molecule has 2 nitrogen and oxygen atoms in total. The van der Waals surface area contributed by atoms with Gasteiger partial charge in [0.25, 0.3) is 0 Å². The second kappa shape index (κ2) is 5.63. The second-order valence-corrected chi connectivity index (χ2v) is 5.30. The molecule has 0 saturated carbocycles. The molecule has 0 unspecified atom stereocenters. The average molecular weight is 285 g/mol. The van der Waals surface area contributed by atoms with Crippen LogP contribution < -0.4 is 5.73 Å². The van der Waals surface area contributed by atoms with Crippen LogP contribution in [0.5, 0.6) is 0 Å². The van der Waals surface area contributed by atoms with Crippen molar-refractivity contribution in [2.45, 2.75) is 10.8 Å². The predicted molar refractivity (Wildman–Crippen MR) is 74.7 cm³/mol. The summed E-state index contributed by atoms with van der Waals surface area (Å²) in [4.78, 5) is 4.19.